The Morgan fingerprint density at radius 2 is 1.94 bits per heavy atom. The molecular weight excluding hydrogens is 228 g/mol. The van der Waals surface area contributed by atoms with Crippen LogP contribution in [-0.4, -0.2) is 34.8 Å². The number of hydrogen-bond acceptors (Lipinski definition) is 2. The molecule has 1 atom stereocenters. The van der Waals surface area contributed by atoms with Gasteiger partial charge in [-0.25, -0.2) is 0 Å². The zero-order valence-corrected chi connectivity index (χ0v) is 11.1. The van der Waals surface area contributed by atoms with E-state index in [9.17, 15) is 9.59 Å². The van der Waals surface area contributed by atoms with Gasteiger partial charge in [0.1, 0.15) is 11.6 Å². The molecule has 3 aliphatic rings. The highest BCUT2D eigenvalue weighted by atomic mass is 16.2. The third kappa shape index (κ3) is 1.73. The van der Waals surface area contributed by atoms with Gasteiger partial charge in [-0.15, -0.1) is 0 Å². The van der Waals surface area contributed by atoms with Gasteiger partial charge in [0.2, 0.25) is 11.8 Å². The van der Waals surface area contributed by atoms with E-state index in [2.05, 4.69) is 5.32 Å². The Kier molecular flexibility index (Phi) is 2.83. The first-order valence-corrected chi connectivity index (χ1v) is 7.30. The molecule has 4 heteroatoms. The molecule has 1 spiro atoms. The second-order valence-electron chi connectivity index (χ2n) is 6.07. The van der Waals surface area contributed by atoms with Crippen molar-refractivity contribution in [1.82, 2.24) is 10.2 Å². The van der Waals surface area contributed by atoms with Gasteiger partial charge in [-0.3, -0.25) is 9.59 Å². The van der Waals surface area contributed by atoms with E-state index in [0.29, 0.717) is 12.3 Å². The Balaban J connectivity index is 1.89. The van der Waals surface area contributed by atoms with Crippen LogP contribution < -0.4 is 5.32 Å². The van der Waals surface area contributed by atoms with Crippen LogP contribution in [0.5, 0.6) is 0 Å². The molecular formula is C14H22N2O2. The minimum atomic E-state index is -0.495. The van der Waals surface area contributed by atoms with Crippen LogP contribution in [0.1, 0.15) is 51.9 Å². The first-order chi connectivity index (χ1) is 8.67. The average molecular weight is 250 g/mol. The molecule has 4 nitrogen and oxygen atoms in total. The van der Waals surface area contributed by atoms with Crippen LogP contribution >= 0.6 is 0 Å². The molecule has 1 unspecified atom stereocenters. The van der Waals surface area contributed by atoms with Crippen LogP contribution in [0, 0.1) is 5.92 Å². The number of carbonyl (C=O) groups excluding carboxylic acids is 2. The van der Waals surface area contributed by atoms with Crippen molar-refractivity contribution in [3.05, 3.63) is 0 Å². The second kappa shape index (κ2) is 4.25. The van der Waals surface area contributed by atoms with E-state index in [4.69, 9.17) is 0 Å². The quantitative estimate of drug-likeness (QED) is 0.824. The summed E-state index contributed by atoms with van der Waals surface area (Å²) in [5.41, 5.74) is -0.495. The van der Waals surface area contributed by atoms with Crippen LogP contribution in [0.3, 0.4) is 0 Å². The summed E-state index contributed by atoms with van der Waals surface area (Å²) >= 11 is 0. The van der Waals surface area contributed by atoms with Gasteiger partial charge in [-0.2, -0.15) is 0 Å². The molecule has 1 heterocycles. The summed E-state index contributed by atoms with van der Waals surface area (Å²) in [7, 11) is 0. The molecule has 0 aromatic carbocycles. The van der Waals surface area contributed by atoms with E-state index in [1.165, 1.54) is 12.8 Å². The van der Waals surface area contributed by atoms with Gasteiger partial charge in [-0.05, 0) is 38.0 Å². The van der Waals surface area contributed by atoms with Crippen LogP contribution in [0.4, 0.5) is 0 Å². The number of amides is 2. The Hall–Kier alpha value is -1.06. The largest absolute Gasteiger partial charge is 0.342 e. The van der Waals surface area contributed by atoms with Crippen molar-refractivity contribution in [2.45, 2.75) is 63.5 Å². The minimum Gasteiger partial charge on any atom is -0.342 e. The first kappa shape index (κ1) is 12.0. The minimum absolute atomic E-state index is 0.104. The van der Waals surface area contributed by atoms with Gasteiger partial charge in [-0.1, -0.05) is 19.8 Å². The summed E-state index contributed by atoms with van der Waals surface area (Å²) in [5, 5.41) is 2.94. The van der Waals surface area contributed by atoms with Crippen molar-refractivity contribution in [3.63, 3.8) is 0 Å². The number of rotatable bonds is 3. The molecule has 0 bridgehead atoms. The average Bonchev–Trinajstić information content (AvgIpc) is 3.06. The van der Waals surface area contributed by atoms with E-state index >= 15 is 0 Å². The topological polar surface area (TPSA) is 49.4 Å². The Bertz CT molecular complexity index is 370. The Labute approximate surface area is 108 Å². The molecule has 1 N–H and O–H groups in total. The predicted molar refractivity (Wildman–Crippen MR) is 67.9 cm³/mol. The van der Waals surface area contributed by atoms with E-state index in [1.807, 2.05) is 11.8 Å². The Morgan fingerprint density at radius 1 is 1.28 bits per heavy atom. The summed E-state index contributed by atoms with van der Waals surface area (Å²) in [6, 6.07) is -0.289. The maximum atomic E-state index is 12.5. The van der Waals surface area contributed by atoms with Crippen LogP contribution in [-0.2, 0) is 9.59 Å². The zero-order valence-electron chi connectivity index (χ0n) is 11.1. The standard InChI is InChI=1S/C14H22N2O2/c1-2-11-12(17)16(9-10-5-6-10)14(13(18)15-11)7-3-4-8-14/h10-11H,2-9H2,1H3,(H,15,18). The Morgan fingerprint density at radius 3 is 2.50 bits per heavy atom. The van der Waals surface area contributed by atoms with Crippen molar-refractivity contribution in [3.8, 4) is 0 Å². The predicted octanol–water partition coefficient (Wildman–Crippen LogP) is 1.45. The first-order valence-electron chi connectivity index (χ1n) is 7.30. The SMILES string of the molecule is CCC1NC(=O)C2(CCCC2)N(CC2CC2)C1=O. The molecule has 2 amide bonds. The smallest absolute Gasteiger partial charge is 0.246 e. The maximum Gasteiger partial charge on any atom is 0.246 e. The van der Waals surface area contributed by atoms with E-state index in [1.54, 1.807) is 0 Å². The van der Waals surface area contributed by atoms with Crippen molar-refractivity contribution in [1.29, 1.82) is 0 Å². The van der Waals surface area contributed by atoms with Crippen LogP contribution in [0.15, 0.2) is 0 Å². The van der Waals surface area contributed by atoms with Crippen molar-refractivity contribution in [2.24, 2.45) is 5.92 Å². The van der Waals surface area contributed by atoms with Crippen molar-refractivity contribution in [2.75, 3.05) is 6.54 Å². The van der Waals surface area contributed by atoms with Crippen LogP contribution in [0.2, 0.25) is 0 Å². The van der Waals surface area contributed by atoms with Gasteiger partial charge < -0.3 is 10.2 Å². The molecule has 0 radical (unpaired) electrons. The van der Waals surface area contributed by atoms with Crippen molar-refractivity contribution < 1.29 is 9.59 Å². The number of piperazine rings is 1. The fraction of sp³-hybridized carbons (Fsp3) is 0.857. The molecule has 1 aliphatic heterocycles. The number of nitrogens with one attached hydrogen (secondary N) is 1. The maximum absolute atomic E-state index is 12.5. The highest BCUT2D eigenvalue weighted by Gasteiger charge is 2.54. The fourth-order valence-electron chi connectivity index (χ4n) is 3.43. The third-order valence-corrected chi connectivity index (χ3v) is 4.79. The lowest BCUT2D eigenvalue weighted by atomic mass is 9.88. The molecule has 2 saturated carbocycles. The number of carbonyl (C=O) groups is 2. The summed E-state index contributed by atoms with van der Waals surface area (Å²) in [6.45, 7) is 2.77. The lowest BCUT2D eigenvalue weighted by molar-refractivity contribution is -0.157. The molecule has 3 rings (SSSR count). The van der Waals surface area contributed by atoms with Crippen LogP contribution in [0.25, 0.3) is 0 Å². The van der Waals surface area contributed by atoms with Gasteiger partial charge in [0.25, 0.3) is 0 Å². The summed E-state index contributed by atoms with van der Waals surface area (Å²) < 4.78 is 0. The second-order valence-corrected chi connectivity index (χ2v) is 6.07. The van der Waals surface area contributed by atoms with E-state index in [0.717, 1.165) is 32.2 Å². The van der Waals surface area contributed by atoms with Gasteiger partial charge in [0.15, 0.2) is 0 Å². The highest BCUT2D eigenvalue weighted by molar-refractivity contribution is 6.00. The number of nitrogens with zero attached hydrogens (tertiary/aromatic N) is 1. The van der Waals surface area contributed by atoms with Gasteiger partial charge in [0.05, 0.1) is 0 Å². The summed E-state index contributed by atoms with van der Waals surface area (Å²) in [6.07, 6.45) is 6.98. The monoisotopic (exact) mass is 250 g/mol. The lowest BCUT2D eigenvalue weighted by Crippen LogP contribution is -2.69. The van der Waals surface area contributed by atoms with E-state index < -0.39 is 5.54 Å². The van der Waals surface area contributed by atoms with E-state index in [-0.39, 0.29) is 17.9 Å². The van der Waals surface area contributed by atoms with Crippen molar-refractivity contribution >= 4 is 11.8 Å². The number of hydrogen-bond donors (Lipinski definition) is 1. The molecule has 0 aromatic rings. The molecule has 2 aliphatic carbocycles. The van der Waals surface area contributed by atoms with Gasteiger partial charge >= 0.3 is 0 Å². The summed E-state index contributed by atoms with van der Waals surface area (Å²) in [4.78, 5) is 26.9. The fourth-order valence-corrected chi connectivity index (χ4v) is 3.43. The van der Waals surface area contributed by atoms with Gasteiger partial charge in [0, 0.05) is 6.54 Å². The zero-order chi connectivity index (χ0) is 12.8. The molecule has 18 heavy (non-hydrogen) atoms. The molecule has 3 fully saturated rings. The highest BCUT2D eigenvalue weighted by Crippen LogP contribution is 2.41. The summed E-state index contributed by atoms with van der Waals surface area (Å²) in [5.74, 6) is 0.910. The molecule has 100 valence electrons. The lowest BCUT2D eigenvalue weighted by Gasteiger charge is -2.46. The molecule has 1 saturated heterocycles. The molecule has 0 aromatic heterocycles. The third-order valence-electron chi connectivity index (χ3n) is 4.79. The normalized spacial score (nSPS) is 30.9.